The Balaban J connectivity index is 2.43. The van der Waals surface area contributed by atoms with Crippen LogP contribution in [0.3, 0.4) is 0 Å². The lowest BCUT2D eigenvalue weighted by atomic mass is 9.84. The van der Waals surface area contributed by atoms with Gasteiger partial charge in [0.15, 0.2) is 0 Å². The van der Waals surface area contributed by atoms with E-state index in [9.17, 15) is 19.1 Å². The molecular formula is C16H20FNO3. The number of likely N-dealkylation sites (tertiary alicyclic amines) is 1. The van der Waals surface area contributed by atoms with Gasteiger partial charge in [-0.2, -0.15) is 0 Å². The van der Waals surface area contributed by atoms with Gasteiger partial charge in [-0.25, -0.2) is 4.39 Å². The molecule has 2 rings (SSSR count). The molecule has 5 heteroatoms. The number of hydrogen-bond acceptors (Lipinski definition) is 2. The molecule has 1 saturated heterocycles. The Kier molecular flexibility index (Phi) is 4.60. The Hall–Kier alpha value is -1.91. The Bertz CT molecular complexity index is 544. The summed E-state index contributed by atoms with van der Waals surface area (Å²) in [4.78, 5) is 25.3. The molecule has 0 spiro atoms. The fraction of sp³-hybridized carbons (Fsp3) is 0.500. The molecular weight excluding hydrogens is 273 g/mol. The minimum Gasteiger partial charge on any atom is -0.481 e. The quantitative estimate of drug-likeness (QED) is 0.928. The zero-order valence-corrected chi connectivity index (χ0v) is 12.3. The highest BCUT2D eigenvalue weighted by molar-refractivity contribution is 5.81. The van der Waals surface area contributed by atoms with E-state index in [2.05, 4.69) is 0 Å². The predicted molar refractivity (Wildman–Crippen MR) is 76.1 cm³/mol. The molecule has 0 bridgehead atoms. The molecule has 0 aliphatic carbocycles. The average molecular weight is 293 g/mol. The average Bonchev–Trinajstić information content (AvgIpc) is 2.40. The van der Waals surface area contributed by atoms with Gasteiger partial charge in [-0.3, -0.25) is 9.59 Å². The largest absolute Gasteiger partial charge is 0.481 e. The highest BCUT2D eigenvalue weighted by atomic mass is 19.1. The van der Waals surface area contributed by atoms with Crippen LogP contribution in [0, 0.1) is 17.7 Å². The molecule has 1 aliphatic heterocycles. The summed E-state index contributed by atoms with van der Waals surface area (Å²) in [5, 5.41) is 9.45. The second kappa shape index (κ2) is 6.24. The molecule has 1 aromatic carbocycles. The van der Waals surface area contributed by atoms with E-state index in [0.717, 1.165) is 0 Å². The van der Waals surface area contributed by atoms with Crippen LogP contribution in [0.25, 0.3) is 0 Å². The maximum absolute atomic E-state index is 13.5. The van der Waals surface area contributed by atoms with E-state index in [-0.39, 0.29) is 18.2 Å². The third kappa shape index (κ3) is 3.40. The maximum Gasteiger partial charge on any atom is 0.308 e. The van der Waals surface area contributed by atoms with E-state index in [4.69, 9.17) is 0 Å². The lowest BCUT2D eigenvalue weighted by molar-refractivity contribution is -0.152. The van der Waals surface area contributed by atoms with Gasteiger partial charge in [-0.05, 0) is 30.0 Å². The van der Waals surface area contributed by atoms with Crippen LogP contribution >= 0.6 is 0 Å². The first-order valence-corrected chi connectivity index (χ1v) is 7.18. The van der Waals surface area contributed by atoms with Crippen molar-refractivity contribution in [3.8, 4) is 0 Å². The highest BCUT2D eigenvalue weighted by Gasteiger charge is 2.40. The minimum atomic E-state index is -0.939. The van der Waals surface area contributed by atoms with Crippen molar-refractivity contribution in [1.82, 2.24) is 4.90 Å². The Morgan fingerprint density at radius 1 is 1.48 bits per heavy atom. The number of carboxylic acids is 1. The lowest BCUT2D eigenvalue weighted by Crippen LogP contribution is -2.46. The standard InChI is InChI=1S/C16H20FNO3/c1-10(2)9-18-14(19)7-6-13(16(20)21)15(18)11-4-3-5-12(17)8-11/h3-5,8,10,13,15H,6-7,9H2,1-2H3,(H,20,21). The van der Waals surface area contributed by atoms with E-state index in [1.165, 1.54) is 12.1 Å². The summed E-state index contributed by atoms with van der Waals surface area (Å²) in [6, 6.07) is 5.29. The van der Waals surface area contributed by atoms with Crippen LogP contribution in [0.1, 0.15) is 38.3 Å². The van der Waals surface area contributed by atoms with Crippen molar-refractivity contribution in [2.75, 3.05) is 6.54 Å². The summed E-state index contributed by atoms with van der Waals surface area (Å²) in [5.74, 6) is -1.89. The molecule has 1 amide bonds. The monoisotopic (exact) mass is 293 g/mol. The topological polar surface area (TPSA) is 57.6 Å². The van der Waals surface area contributed by atoms with Crippen LogP contribution in [0.5, 0.6) is 0 Å². The molecule has 1 N–H and O–H groups in total. The zero-order chi connectivity index (χ0) is 15.6. The van der Waals surface area contributed by atoms with Crippen LogP contribution in [0.4, 0.5) is 4.39 Å². The Morgan fingerprint density at radius 2 is 2.19 bits per heavy atom. The van der Waals surface area contributed by atoms with Gasteiger partial charge in [0.25, 0.3) is 0 Å². The Labute approximate surface area is 123 Å². The molecule has 2 atom stereocenters. The number of carbonyl (C=O) groups excluding carboxylic acids is 1. The van der Waals surface area contributed by atoms with E-state index < -0.39 is 23.7 Å². The number of benzene rings is 1. The first-order chi connectivity index (χ1) is 9.90. The molecule has 21 heavy (non-hydrogen) atoms. The van der Waals surface area contributed by atoms with E-state index >= 15 is 0 Å². The van der Waals surface area contributed by atoms with Gasteiger partial charge >= 0.3 is 5.97 Å². The number of carbonyl (C=O) groups is 2. The molecule has 1 fully saturated rings. The smallest absolute Gasteiger partial charge is 0.308 e. The van der Waals surface area contributed by atoms with Crippen molar-refractivity contribution in [3.63, 3.8) is 0 Å². The summed E-state index contributed by atoms with van der Waals surface area (Å²) >= 11 is 0. The molecule has 2 unspecified atom stereocenters. The van der Waals surface area contributed by atoms with Gasteiger partial charge in [-0.15, -0.1) is 0 Å². The van der Waals surface area contributed by atoms with Gasteiger partial charge in [0.2, 0.25) is 5.91 Å². The number of halogens is 1. The van der Waals surface area contributed by atoms with Crippen LogP contribution in [0.15, 0.2) is 24.3 Å². The highest BCUT2D eigenvalue weighted by Crippen LogP contribution is 2.37. The second-order valence-corrected chi connectivity index (χ2v) is 5.92. The van der Waals surface area contributed by atoms with Crippen LogP contribution in [-0.4, -0.2) is 28.4 Å². The fourth-order valence-corrected chi connectivity index (χ4v) is 2.92. The summed E-state index contributed by atoms with van der Waals surface area (Å²) in [6.45, 7) is 4.42. The number of hydrogen-bond donors (Lipinski definition) is 1. The fourth-order valence-electron chi connectivity index (χ4n) is 2.92. The van der Waals surface area contributed by atoms with Gasteiger partial charge in [0, 0.05) is 13.0 Å². The predicted octanol–water partition coefficient (Wildman–Crippen LogP) is 2.85. The van der Waals surface area contributed by atoms with Gasteiger partial charge in [-0.1, -0.05) is 26.0 Å². The number of rotatable bonds is 4. The van der Waals surface area contributed by atoms with E-state index in [1.807, 2.05) is 13.8 Å². The molecule has 0 aromatic heterocycles. The Morgan fingerprint density at radius 3 is 2.76 bits per heavy atom. The molecule has 1 aromatic rings. The number of carboxylic acid groups (broad SMARTS) is 1. The molecule has 1 aliphatic rings. The molecule has 114 valence electrons. The first-order valence-electron chi connectivity index (χ1n) is 7.18. The SMILES string of the molecule is CC(C)CN1C(=O)CCC(C(=O)O)C1c1cccc(F)c1. The van der Waals surface area contributed by atoms with Crippen molar-refractivity contribution in [3.05, 3.63) is 35.6 Å². The third-order valence-electron chi connectivity index (χ3n) is 3.78. The van der Waals surface area contributed by atoms with Crippen molar-refractivity contribution in [2.24, 2.45) is 11.8 Å². The van der Waals surface area contributed by atoms with Crippen molar-refractivity contribution in [1.29, 1.82) is 0 Å². The summed E-state index contributed by atoms with van der Waals surface area (Å²) in [6.07, 6.45) is 0.527. The minimum absolute atomic E-state index is 0.0598. The van der Waals surface area contributed by atoms with Gasteiger partial charge < -0.3 is 10.0 Å². The number of piperidine rings is 1. The summed E-state index contributed by atoms with van der Waals surface area (Å²) < 4.78 is 13.5. The van der Waals surface area contributed by atoms with Crippen LogP contribution in [0.2, 0.25) is 0 Å². The molecule has 0 radical (unpaired) electrons. The van der Waals surface area contributed by atoms with Crippen LogP contribution < -0.4 is 0 Å². The maximum atomic E-state index is 13.5. The van der Waals surface area contributed by atoms with E-state index in [0.29, 0.717) is 18.5 Å². The van der Waals surface area contributed by atoms with E-state index in [1.54, 1.807) is 17.0 Å². The number of nitrogens with zero attached hydrogens (tertiary/aromatic N) is 1. The summed E-state index contributed by atoms with van der Waals surface area (Å²) in [7, 11) is 0. The van der Waals surface area contributed by atoms with Crippen molar-refractivity contribution < 1.29 is 19.1 Å². The van der Waals surface area contributed by atoms with Gasteiger partial charge in [0.1, 0.15) is 5.82 Å². The number of aliphatic carboxylic acids is 1. The van der Waals surface area contributed by atoms with Crippen molar-refractivity contribution >= 4 is 11.9 Å². The number of amides is 1. The molecule has 0 saturated carbocycles. The third-order valence-corrected chi connectivity index (χ3v) is 3.78. The zero-order valence-electron chi connectivity index (χ0n) is 12.3. The molecule has 4 nitrogen and oxygen atoms in total. The second-order valence-electron chi connectivity index (χ2n) is 5.92. The normalized spacial score (nSPS) is 22.7. The first kappa shape index (κ1) is 15.5. The lowest BCUT2D eigenvalue weighted by Gasteiger charge is -2.40. The van der Waals surface area contributed by atoms with Gasteiger partial charge in [0.05, 0.1) is 12.0 Å². The summed E-state index contributed by atoms with van der Waals surface area (Å²) in [5.41, 5.74) is 0.552. The van der Waals surface area contributed by atoms with Crippen LogP contribution in [-0.2, 0) is 9.59 Å². The molecule has 1 heterocycles. The van der Waals surface area contributed by atoms with Crippen molar-refractivity contribution in [2.45, 2.75) is 32.7 Å².